The molecule has 0 aromatic heterocycles. The van der Waals surface area contributed by atoms with Crippen molar-refractivity contribution in [2.45, 2.75) is 31.3 Å². The molecule has 1 saturated heterocycles. The Bertz CT molecular complexity index is 570. The lowest BCUT2D eigenvalue weighted by Gasteiger charge is -2.17. The zero-order chi connectivity index (χ0) is 16.1. The molecule has 1 aromatic carbocycles. The van der Waals surface area contributed by atoms with E-state index in [1.165, 1.54) is 0 Å². The number of nitrogens with one attached hydrogen (secondary N) is 2. The zero-order valence-electron chi connectivity index (χ0n) is 12.2. The third-order valence-electron chi connectivity index (χ3n) is 3.53. The van der Waals surface area contributed by atoms with Crippen LogP contribution in [0.1, 0.15) is 18.4 Å². The molecule has 1 aliphatic heterocycles. The zero-order valence-corrected chi connectivity index (χ0v) is 12.2. The fourth-order valence-corrected chi connectivity index (χ4v) is 2.28. The average molecular weight is 306 g/mol. The summed E-state index contributed by atoms with van der Waals surface area (Å²) in [5, 5.41) is 14.2. The highest BCUT2D eigenvalue weighted by Gasteiger charge is 2.30. The SMILES string of the molecule is COc1ccc(C[C@@H](NC(=O)[C@H]2CCC(=O)N2)C(=O)O)cc1. The van der Waals surface area contributed by atoms with Crippen molar-refractivity contribution in [1.29, 1.82) is 0 Å². The van der Waals surface area contributed by atoms with Crippen LogP contribution in [0.15, 0.2) is 24.3 Å². The lowest BCUT2D eigenvalue weighted by molar-refractivity contribution is -0.142. The van der Waals surface area contributed by atoms with E-state index in [2.05, 4.69) is 10.6 Å². The largest absolute Gasteiger partial charge is 0.497 e. The molecular formula is C15H18N2O5. The lowest BCUT2D eigenvalue weighted by Crippen LogP contribution is -2.49. The van der Waals surface area contributed by atoms with Crippen LogP contribution in [0.25, 0.3) is 0 Å². The number of amides is 2. The number of hydrogen-bond acceptors (Lipinski definition) is 4. The molecule has 1 heterocycles. The summed E-state index contributed by atoms with van der Waals surface area (Å²) in [5.74, 6) is -1.10. The maximum atomic E-state index is 12.0. The number of carbonyl (C=O) groups excluding carboxylic acids is 2. The van der Waals surface area contributed by atoms with Crippen molar-refractivity contribution < 1.29 is 24.2 Å². The van der Waals surface area contributed by atoms with Crippen LogP contribution in [-0.2, 0) is 20.8 Å². The number of aliphatic carboxylic acids is 1. The van der Waals surface area contributed by atoms with Crippen LogP contribution < -0.4 is 15.4 Å². The summed E-state index contributed by atoms with van der Waals surface area (Å²) in [5.41, 5.74) is 0.768. The Balaban J connectivity index is 1.98. The van der Waals surface area contributed by atoms with Crippen LogP contribution in [0.3, 0.4) is 0 Å². The molecule has 7 heteroatoms. The highest BCUT2D eigenvalue weighted by molar-refractivity contribution is 5.92. The van der Waals surface area contributed by atoms with E-state index < -0.39 is 24.0 Å². The maximum Gasteiger partial charge on any atom is 0.326 e. The summed E-state index contributed by atoms with van der Waals surface area (Å²) in [6.07, 6.45) is 0.833. The van der Waals surface area contributed by atoms with Gasteiger partial charge >= 0.3 is 5.97 Å². The Morgan fingerprint density at radius 3 is 2.59 bits per heavy atom. The molecule has 0 spiro atoms. The van der Waals surface area contributed by atoms with Gasteiger partial charge in [0.15, 0.2) is 0 Å². The maximum absolute atomic E-state index is 12.0. The third-order valence-corrected chi connectivity index (χ3v) is 3.53. The van der Waals surface area contributed by atoms with Gasteiger partial charge in [-0.15, -0.1) is 0 Å². The van der Waals surface area contributed by atoms with Crippen LogP contribution in [0.4, 0.5) is 0 Å². The highest BCUT2D eigenvalue weighted by atomic mass is 16.5. The minimum atomic E-state index is -1.12. The molecule has 1 fully saturated rings. The molecule has 2 amide bonds. The predicted octanol–water partition coefficient (Wildman–Crippen LogP) is 0.0857. The van der Waals surface area contributed by atoms with Crippen molar-refractivity contribution >= 4 is 17.8 Å². The van der Waals surface area contributed by atoms with Crippen LogP contribution in [0.2, 0.25) is 0 Å². The molecule has 118 valence electrons. The van der Waals surface area contributed by atoms with Crippen LogP contribution in [0.5, 0.6) is 5.75 Å². The normalized spacial score (nSPS) is 18.4. The molecule has 0 aliphatic carbocycles. The van der Waals surface area contributed by atoms with Gasteiger partial charge in [-0.25, -0.2) is 4.79 Å². The second-order valence-corrected chi connectivity index (χ2v) is 5.11. The van der Waals surface area contributed by atoms with Crippen molar-refractivity contribution in [2.24, 2.45) is 0 Å². The summed E-state index contributed by atoms with van der Waals surface area (Å²) in [6, 6.07) is 5.26. The van der Waals surface area contributed by atoms with Crippen molar-refractivity contribution in [2.75, 3.05) is 7.11 Å². The smallest absolute Gasteiger partial charge is 0.326 e. The van der Waals surface area contributed by atoms with Gasteiger partial charge in [0.2, 0.25) is 11.8 Å². The van der Waals surface area contributed by atoms with Crippen LogP contribution in [0, 0.1) is 0 Å². The average Bonchev–Trinajstić information content (AvgIpc) is 2.94. The Hall–Kier alpha value is -2.57. The van der Waals surface area contributed by atoms with E-state index in [0.717, 1.165) is 5.56 Å². The van der Waals surface area contributed by atoms with E-state index in [4.69, 9.17) is 4.74 Å². The van der Waals surface area contributed by atoms with Gasteiger partial charge in [-0.1, -0.05) is 12.1 Å². The first-order valence-corrected chi connectivity index (χ1v) is 6.95. The molecule has 1 aliphatic rings. The predicted molar refractivity (Wildman–Crippen MR) is 77.4 cm³/mol. The molecule has 0 bridgehead atoms. The number of hydrogen-bond donors (Lipinski definition) is 3. The number of methoxy groups -OCH3 is 1. The number of carbonyl (C=O) groups is 3. The van der Waals surface area contributed by atoms with E-state index in [9.17, 15) is 19.5 Å². The van der Waals surface area contributed by atoms with Gasteiger partial charge in [0.1, 0.15) is 17.8 Å². The number of carboxylic acid groups (broad SMARTS) is 1. The summed E-state index contributed by atoms with van der Waals surface area (Å²) in [4.78, 5) is 34.4. The summed E-state index contributed by atoms with van der Waals surface area (Å²) >= 11 is 0. The molecule has 22 heavy (non-hydrogen) atoms. The van der Waals surface area contributed by atoms with Gasteiger partial charge in [-0.2, -0.15) is 0 Å². The molecule has 0 saturated carbocycles. The first-order valence-electron chi connectivity index (χ1n) is 6.95. The Morgan fingerprint density at radius 2 is 2.09 bits per heavy atom. The fourth-order valence-electron chi connectivity index (χ4n) is 2.28. The number of rotatable bonds is 6. The third kappa shape index (κ3) is 3.97. The summed E-state index contributed by atoms with van der Waals surface area (Å²) in [7, 11) is 1.55. The summed E-state index contributed by atoms with van der Waals surface area (Å²) in [6.45, 7) is 0. The monoisotopic (exact) mass is 306 g/mol. The van der Waals surface area contributed by atoms with Gasteiger partial charge in [0, 0.05) is 12.8 Å². The van der Waals surface area contributed by atoms with E-state index in [-0.39, 0.29) is 18.7 Å². The Morgan fingerprint density at radius 1 is 1.41 bits per heavy atom. The van der Waals surface area contributed by atoms with E-state index >= 15 is 0 Å². The van der Waals surface area contributed by atoms with Gasteiger partial charge in [0.25, 0.3) is 0 Å². The molecule has 7 nitrogen and oxygen atoms in total. The van der Waals surface area contributed by atoms with Crippen molar-refractivity contribution in [3.05, 3.63) is 29.8 Å². The molecular weight excluding hydrogens is 288 g/mol. The quantitative estimate of drug-likeness (QED) is 0.690. The van der Waals surface area contributed by atoms with Gasteiger partial charge in [-0.05, 0) is 24.1 Å². The second-order valence-electron chi connectivity index (χ2n) is 5.11. The fraction of sp³-hybridized carbons (Fsp3) is 0.400. The molecule has 3 N–H and O–H groups in total. The minimum Gasteiger partial charge on any atom is -0.497 e. The highest BCUT2D eigenvalue weighted by Crippen LogP contribution is 2.13. The number of carboxylic acids is 1. The standard InChI is InChI=1S/C15H18N2O5/c1-22-10-4-2-9(3-5-10)8-12(15(20)21)17-14(19)11-6-7-13(18)16-11/h2-5,11-12H,6-8H2,1H3,(H,16,18)(H,17,19)(H,20,21)/t11-,12-/m1/s1. The van der Waals surface area contributed by atoms with Gasteiger partial charge in [-0.3, -0.25) is 9.59 Å². The van der Waals surface area contributed by atoms with E-state index in [0.29, 0.717) is 12.2 Å². The minimum absolute atomic E-state index is 0.158. The van der Waals surface area contributed by atoms with Crippen molar-refractivity contribution in [3.63, 3.8) is 0 Å². The molecule has 0 unspecified atom stereocenters. The lowest BCUT2D eigenvalue weighted by atomic mass is 10.1. The van der Waals surface area contributed by atoms with E-state index in [1.54, 1.807) is 31.4 Å². The Labute approximate surface area is 127 Å². The molecule has 2 rings (SSSR count). The second kappa shape index (κ2) is 6.93. The van der Waals surface area contributed by atoms with Crippen molar-refractivity contribution in [3.8, 4) is 5.75 Å². The van der Waals surface area contributed by atoms with Crippen molar-refractivity contribution in [1.82, 2.24) is 10.6 Å². The van der Waals surface area contributed by atoms with E-state index in [1.807, 2.05) is 0 Å². The molecule has 0 radical (unpaired) electrons. The van der Waals surface area contributed by atoms with Gasteiger partial charge < -0.3 is 20.5 Å². The Kier molecular flexibility index (Phi) is 4.98. The van der Waals surface area contributed by atoms with Gasteiger partial charge in [0.05, 0.1) is 7.11 Å². The first-order chi connectivity index (χ1) is 10.5. The summed E-state index contributed by atoms with van der Waals surface area (Å²) < 4.78 is 5.04. The number of ether oxygens (including phenoxy) is 1. The first kappa shape index (κ1) is 15.8. The van der Waals surface area contributed by atoms with Crippen LogP contribution >= 0.6 is 0 Å². The van der Waals surface area contributed by atoms with Crippen LogP contribution in [-0.4, -0.2) is 42.1 Å². The molecule has 1 aromatic rings. The number of benzene rings is 1. The topological polar surface area (TPSA) is 105 Å². The molecule has 2 atom stereocenters.